The number of aromatic hydroxyl groups is 1. The summed E-state index contributed by atoms with van der Waals surface area (Å²) in [7, 11) is 0. The number of nitrogens with two attached hydrogens (primary N) is 1. The third kappa shape index (κ3) is 6.77. The summed E-state index contributed by atoms with van der Waals surface area (Å²) in [6.07, 6.45) is 4.93. The average molecular weight is 652 g/mol. The Balaban J connectivity index is 1.10. The average Bonchev–Trinajstić information content (AvgIpc) is 3.56. The Morgan fingerprint density at radius 2 is 1.61 bits per heavy atom. The van der Waals surface area contributed by atoms with Crippen LogP contribution in [0.3, 0.4) is 0 Å². The van der Waals surface area contributed by atoms with Gasteiger partial charge in [-0.05, 0) is 86.0 Å². The SMILES string of the molecule is Nc1ncccc1-c1nc2ccc(-c3ccccc3)nc2n1-c1ccc(CN2CCCCN(C(=O)c3ccc(C=O)c(O)c3)CCC2)cc1. The van der Waals surface area contributed by atoms with E-state index in [0.717, 1.165) is 72.6 Å². The second-order valence-corrected chi connectivity index (χ2v) is 12.3. The van der Waals surface area contributed by atoms with Gasteiger partial charge >= 0.3 is 0 Å². The van der Waals surface area contributed by atoms with Gasteiger partial charge in [0.25, 0.3) is 5.91 Å². The molecule has 0 bridgehead atoms. The Morgan fingerprint density at radius 3 is 2.39 bits per heavy atom. The topological polar surface area (TPSA) is 130 Å². The molecule has 0 saturated carbocycles. The monoisotopic (exact) mass is 651 g/mol. The van der Waals surface area contributed by atoms with Crippen LogP contribution in [-0.4, -0.2) is 72.8 Å². The molecule has 246 valence electrons. The number of anilines is 1. The number of nitrogens with zero attached hydrogens (tertiary/aromatic N) is 6. The molecule has 1 aliphatic rings. The van der Waals surface area contributed by atoms with Crippen LogP contribution in [0, 0.1) is 0 Å². The number of imidazole rings is 1. The van der Waals surface area contributed by atoms with Crippen LogP contribution in [0.15, 0.2) is 103 Å². The summed E-state index contributed by atoms with van der Waals surface area (Å²) in [5.74, 6) is 0.789. The minimum Gasteiger partial charge on any atom is -0.507 e. The normalized spacial score (nSPS) is 14.2. The third-order valence-electron chi connectivity index (χ3n) is 9.00. The zero-order chi connectivity index (χ0) is 33.7. The van der Waals surface area contributed by atoms with Crippen molar-refractivity contribution in [1.82, 2.24) is 29.3 Å². The fraction of sp³-hybridized carbons (Fsp3) is 0.205. The van der Waals surface area contributed by atoms with Gasteiger partial charge in [0, 0.05) is 49.2 Å². The number of carbonyl (C=O) groups excluding carboxylic acids is 2. The van der Waals surface area contributed by atoms with Gasteiger partial charge in [-0.1, -0.05) is 42.5 Å². The highest BCUT2D eigenvalue weighted by Crippen LogP contribution is 2.32. The molecule has 0 spiro atoms. The molecule has 0 radical (unpaired) electrons. The van der Waals surface area contributed by atoms with Crippen molar-refractivity contribution in [2.45, 2.75) is 25.8 Å². The fourth-order valence-corrected chi connectivity index (χ4v) is 6.43. The molecule has 3 N–H and O–H groups in total. The maximum atomic E-state index is 13.2. The van der Waals surface area contributed by atoms with Crippen molar-refractivity contribution in [3.8, 4) is 34.1 Å². The summed E-state index contributed by atoms with van der Waals surface area (Å²) in [4.78, 5) is 43.0. The molecule has 0 unspecified atom stereocenters. The van der Waals surface area contributed by atoms with E-state index in [2.05, 4.69) is 38.7 Å². The standard InChI is InChI=1S/C39H37N7O3/c40-36-32(10-6-19-41-36)37-43-34-18-17-33(28-8-2-1-3-9-28)42-38(34)46(37)31-15-11-27(12-16-31)25-44-20-4-5-22-45(23-7-21-44)39(49)29-13-14-30(26-47)35(48)24-29/h1-3,6,8-19,24,26,48H,4-5,7,20-23,25H2,(H2,40,41). The first kappa shape index (κ1) is 31.7. The number of rotatable bonds is 7. The van der Waals surface area contributed by atoms with Crippen molar-refractivity contribution in [1.29, 1.82) is 0 Å². The lowest BCUT2D eigenvalue weighted by Gasteiger charge is -2.23. The van der Waals surface area contributed by atoms with E-state index in [1.165, 1.54) is 17.7 Å². The van der Waals surface area contributed by atoms with E-state index in [9.17, 15) is 14.7 Å². The van der Waals surface area contributed by atoms with E-state index in [1.807, 2.05) is 59.5 Å². The number of pyridine rings is 2. The molecule has 3 aromatic heterocycles. The molecular weight excluding hydrogens is 614 g/mol. The highest BCUT2D eigenvalue weighted by Gasteiger charge is 2.21. The second-order valence-electron chi connectivity index (χ2n) is 12.3. The van der Waals surface area contributed by atoms with Crippen LogP contribution < -0.4 is 5.73 Å². The fourth-order valence-electron chi connectivity index (χ4n) is 6.43. The molecule has 49 heavy (non-hydrogen) atoms. The zero-order valence-electron chi connectivity index (χ0n) is 27.1. The summed E-state index contributed by atoms with van der Waals surface area (Å²) < 4.78 is 2.05. The smallest absolute Gasteiger partial charge is 0.253 e. The van der Waals surface area contributed by atoms with Crippen LogP contribution in [0.1, 0.15) is 45.5 Å². The molecule has 0 atom stereocenters. The molecule has 0 aliphatic carbocycles. The minimum absolute atomic E-state index is 0.124. The highest BCUT2D eigenvalue weighted by atomic mass is 16.3. The first-order chi connectivity index (χ1) is 24.0. The number of aromatic nitrogens is 4. The van der Waals surface area contributed by atoms with E-state index in [0.29, 0.717) is 36.6 Å². The molecule has 1 amide bonds. The third-order valence-corrected chi connectivity index (χ3v) is 9.00. The van der Waals surface area contributed by atoms with E-state index in [-0.39, 0.29) is 17.2 Å². The molecule has 7 rings (SSSR count). The number of nitrogen functional groups attached to an aromatic ring is 1. The molecule has 10 nitrogen and oxygen atoms in total. The predicted octanol–water partition coefficient (Wildman–Crippen LogP) is 6.38. The van der Waals surface area contributed by atoms with Gasteiger partial charge in [-0.2, -0.15) is 0 Å². The second kappa shape index (κ2) is 14.1. The van der Waals surface area contributed by atoms with Crippen LogP contribution in [0.5, 0.6) is 5.75 Å². The number of fused-ring (bicyclic) bond motifs is 1. The summed E-state index contributed by atoms with van der Waals surface area (Å²) in [5, 5.41) is 10.1. The number of carbonyl (C=O) groups is 2. The highest BCUT2D eigenvalue weighted by molar-refractivity contribution is 5.96. The number of phenolic OH excluding ortho intramolecular Hbond substituents is 1. The lowest BCUT2D eigenvalue weighted by Crippen LogP contribution is -2.33. The summed E-state index contributed by atoms with van der Waals surface area (Å²) >= 11 is 0. The van der Waals surface area contributed by atoms with E-state index in [4.69, 9.17) is 15.7 Å². The number of phenols is 1. The number of benzene rings is 3. The van der Waals surface area contributed by atoms with E-state index < -0.39 is 0 Å². The molecule has 6 aromatic rings. The van der Waals surface area contributed by atoms with Gasteiger partial charge in [0.15, 0.2) is 17.8 Å². The number of hydrogen-bond donors (Lipinski definition) is 2. The van der Waals surface area contributed by atoms with Crippen LogP contribution in [0.25, 0.3) is 39.5 Å². The van der Waals surface area contributed by atoms with Gasteiger partial charge in [0.1, 0.15) is 17.1 Å². The van der Waals surface area contributed by atoms with Crippen molar-refractivity contribution in [2.24, 2.45) is 0 Å². The van der Waals surface area contributed by atoms with E-state index >= 15 is 0 Å². The van der Waals surface area contributed by atoms with Crippen molar-refractivity contribution in [3.05, 3.63) is 120 Å². The Hall–Kier alpha value is -5.87. The molecule has 1 fully saturated rings. The summed E-state index contributed by atoms with van der Waals surface area (Å²) in [6, 6.07) is 30.9. The molecule has 1 saturated heterocycles. The molecule has 3 aromatic carbocycles. The van der Waals surface area contributed by atoms with Gasteiger partial charge in [0.2, 0.25) is 0 Å². The lowest BCUT2D eigenvalue weighted by atomic mass is 10.1. The van der Waals surface area contributed by atoms with Crippen LogP contribution in [0.2, 0.25) is 0 Å². The predicted molar refractivity (Wildman–Crippen MR) is 190 cm³/mol. The van der Waals surface area contributed by atoms with Crippen LogP contribution in [0.4, 0.5) is 5.82 Å². The first-order valence-corrected chi connectivity index (χ1v) is 16.5. The summed E-state index contributed by atoms with van der Waals surface area (Å²) in [5.41, 5.74) is 13.2. The van der Waals surface area contributed by atoms with Crippen molar-refractivity contribution in [2.75, 3.05) is 31.9 Å². The molecular formula is C39H37N7O3. The Labute approximate surface area is 284 Å². The van der Waals surface area contributed by atoms with Gasteiger partial charge in [-0.3, -0.25) is 19.1 Å². The summed E-state index contributed by atoms with van der Waals surface area (Å²) in [6.45, 7) is 3.85. The largest absolute Gasteiger partial charge is 0.507 e. The Morgan fingerprint density at radius 1 is 0.837 bits per heavy atom. The van der Waals surface area contributed by atoms with Gasteiger partial charge in [0.05, 0.1) is 16.8 Å². The first-order valence-electron chi connectivity index (χ1n) is 16.5. The van der Waals surface area contributed by atoms with Crippen LogP contribution in [-0.2, 0) is 6.54 Å². The van der Waals surface area contributed by atoms with Crippen molar-refractivity contribution >= 4 is 29.2 Å². The Bertz CT molecular complexity index is 2110. The molecule has 4 heterocycles. The van der Waals surface area contributed by atoms with Gasteiger partial charge in [-0.25, -0.2) is 15.0 Å². The minimum atomic E-state index is -0.172. The number of amides is 1. The number of aldehydes is 1. The van der Waals surface area contributed by atoms with Crippen molar-refractivity contribution in [3.63, 3.8) is 0 Å². The van der Waals surface area contributed by atoms with Crippen LogP contribution >= 0.6 is 0 Å². The number of hydrogen-bond acceptors (Lipinski definition) is 8. The van der Waals surface area contributed by atoms with E-state index in [1.54, 1.807) is 12.3 Å². The molecule has 10 heteroatoms. The maximum Gasteiger partial charge on any atom is 0.253 e. The quantitative estimate of drug-likeness (QED) is 0.190. The van der Waals surface area contributed by atoms with Crippen molar-refractivity contribution < 1.29 is 14.7 Å². The van der Waals surface area contributed by atoms with Gasteiger partial charge < -0.3 is 15.7 Å². The molecule has 1 aliphatic heterocycles. The maximum absolute atomic E-state index is 13.2. The Kier molecular flexibility index (Phi) is 9.12. The van der Waals surface area contributed by atoms with Gasteiger partial charge in [-0.15, -0.1) is 0 Å². The zero-order valence-corrected chi connectivity index (χ0v) is 27.1. The lowest BCUT2D eigenvalue weighted by molar-refractivity contribution is 0.0751.